The summed E-state index contributed by atoms with van der Waals surface area (Å²) in [6.07, 6.45) is 0.372. The number of carboxylic acids is 1. The van der Waals surface area contributed by atoms with Gasteiger partial charge in [0.1, 0.15) is 11.4 Å². The fourth-order valence-electron chi connectivity index (χ4n) is 2.77. The van der Waals surface area contributed by atoms with Gasteiger partial charge in [-0.1, -0.05) is 0 Å². The second-order valence-electron chi connectivity index (χ2n) is 5.16. The van der Waals surface area contributed by atoms with Gasteiger partial charge in [0.05, 0.1) is 10.7 Å². The third kappa shape index (κ3) is 1.50. The molecule has 8 nitrogen and oxygen atoms in total. The molecular formula is C10H14N2O6S. The summed E-state index contributed by atoms with van der Waals surface area (Å²) in [5.74, 6) is -2.80. The summed E-state index contributed by atoms with van der Waals surface area (Å²) in [7, 11) is -3.80. The van der Waals surface area contributed by atoms with E-state index in [0.29, 0.717) is 6.41 Å². The van der Waals surface area contributed by atoms with Crippen molar-refractivity contribution in [1.29, 1.82) is 0 Å². The lowest BCUT2D eigenvalue weighted by molar-refractivity contribution is -0.163. The molecule has 2 amide bonds. The third-order valence-electron chi connectivity index (χ3n) is 3.83. The maximum atomic E-state index is 12.3. The maximum absolute atomic E-state index is 12.3. The number of nitrogens with zero attached hydrogens (tertiary/aromatic N) is 1. The number of hydrogen-bond acceptors (Lipinski definition) is 5. The number of aliphatic carboxylic acids is 1. The first-order valence-electron chi connectivity index (χ1n) is 5.63. The second kappa shape index (κ2) is 3.92. The Bertz CT molecular complexity index is 554. The first kappa shape index (κ1) is 13.8. The summed E-state index contributed by atoms with van der Waals surface area (Å²) in [5, 5.41) is 10.3. The molecule has 0 radical (unpaired) electrons. The molecule has 2 saturated heterocycles. The normalized spacial score (nSPS) is 34.3. The lowest BCUT2D eigenvalue weighted by atomic mass is 9.92. The third-order valence-corrected chi connectivity index (χ3v) is 6.71. The minimum atomic E-state index is -3.80. The van der Waals surface area contributed by atoms with E-state index >= 15 is 0 Å². The summed E-state index contributed by atoms with van der Waals surface area (Å²) in [6.45, 7) is 2.50. The number of fused-ring (bicyclic) bond motifs is 1. The van der Waals surface area contributed by atoms with Crippen LogP contribution < -0.4 is 5.32 Å². The Morgan fingerprint density at radius 3 is 2.58 bits per heavy atom. The first-order valence-corrected chi connectivity index (χ1v) is 7.18. The van der Waals surface area contributed by atoms with Gasteiger partial charge in [0.25, 0.3) is 0 Å². The fourth-order valence-corrected chi connectivity index (χ4v) is 5.09. The number of nitrogens with one attached hydrogen (secondary N) is 1. The quantitative estimate of drug-likeness (QED) is 0.464. The molecule has 0 saturated carbocycles. The Hall–Kier alpha value is -1.64. The molecule has 0 spiro atoms. The lowest BCUT2D eigenvalue weighted by Gasteiger charge is -2.42. The average molecular weight is 290 g/mol. The first-order chi connectivity index (χ1) is 8.67. The summed E-state index contributed by atoms with van der Waals surface area (Å²) < 4.78 is 23.1. The van der Waals surface area contributed by atoms with Crippen molar-refractivity contribution in [3.05, 3.63) is 0 Å². The predicted octanol–water partition coefficient (Wildman–Crippen LogP) is -1.82. The van der Waals surface area contributed by atoms with Crippen LogP contribution in [-0.2, 0) is 24.2 Å². The van der Waals surface area contributed by atoms with Crippen LogP contribution in [0.3, 0.4) is 0 Å². The highest BCUT2D eigenvalue weighted by molar-refractivity contribution is 7.93. The Morgan fingerprint density at radius 2 is 2.11 bits per heavy atom. The van der Waals surface area contributed by atoms with Crippen LogP contribution in [0, 0.1) is 5.92 Å². The molecule has 0 aliphatic carbocycles. The van der Waals surface area contributed by atoms with Gasteiger partial charge >= 0.3 is 5.97 Å². The van der Waals surface area contributed by atoms with Crippen molar-refractivity contribution in [2.45, 2.75) is 30.0 Å². The van der Waals surface area contributed by atoms with E-state index in [1.807, 2.05) is 0 Å². The van der Waals surface area contributed by atoms with Crippen LogP contribution in [0.4, 0.5) is 0 Å². The van der Waals surface area contributed by atoms with Gasteiger partial charge in [0.15, 0.2) is 9.84 Å². The second-order valence-corrected chi connectivity index (χ2v) is 7.78. The molecule has 106 valence electrons. The van der Waals surface area contributed by atoms with Gasteiger partial charge in [-0.3, -0.25) is 9.59 Å². The van der Waals surface area contributed by atoms with Gasteiger partial charge in [0, 0.05) is 6.54 Å². The van der Waals surface area contributed by atoms with Gasteiger partial charge < -0.3 is 15.3 Å². The number of carbonyl (C=O) groups is 3. The topological polar surface area (TPSA) is 121 Å². The molecule has 0 bridgehead atoms. The molecule has 2 aliphatic heterocycles. The predicted molar refractivity (Wildman–Crippen MR) is 62.6 cm³/mol. The molecule has 0 aromatic rings. The lowest BCUT2D eigenvalue weighted by Crippen LogP contribution is -2.65. The molecule has 9 heteroatoms. The van der Waals surface area contributed by atoms with E-state index < -0.39 is 43.8 Å². The Kier molecular flexibility index (Phi) is 2.85. The molecular weight excluding hydrogens is 276 g/mol. The molecule has 2 heterocycles. The summed E-state index contributed by atoms with van der Waals surface area (Å²) >= 11 is 0. The summed E-state index contributed by atoms with van der Waals surface area (Å²) in [4.78, 5) is 34.2. The number of carbonyl (C=O) groups excluding carboxylic acids is 2. The Labute approximate surface area is 109 Å². The smallest absolute Gasteiger partial charge is 0.328 e. The molecule has 2 N–H and O–H groups in total. The van der Waals surface area contributed by atoms with Gasteiger partial charge in [-0.05, 0) is 13.8 Å². The van der Waals surface area contributed by atoms with Crippen molar-refractivity contribution in [3.8, 4) is 0 Å². The van der Waals surface area contributed by atoms with Crippen molar-refractivity contribution in [1.82, 2.24) is 10.2 Å². The Morgan fingerprint density at radius 1 is 1.53 bits per heavy atom. The van der Waals surface area contributed by atoms with Crippen LogP contribution in [0.25, 0.3) is 0 Å². The van der Waals surface area contributed by atoms with Crippen LogP contribution >= 0.6 is 0 Å². The van der Waals surface area contributed by atoms with Crippen LogP contribution in [0.2, 0.25) is 0 Å². The largest absolute Gasteiger partial charge is 0.480 e. The van der Waals surface area contributed by atoms with Crippen LogP contribution in [0.15, 0.2) is 0 Å². The van der Waals surface area contributed by atoms with E-state index in [9.17, 15) is 22.8 Å². The van der Waals surface area contributed by atoms with Crippen molar-refractivity contribution < 1.29 is 27.9 Å². The van der Waals surface area contributed by atoms with E-state index in [1.54, 1.807) is 0 Å². The summed E-state index contributed by atoms with van der Waals surface area (Å²) in [6, 6.07) is -1.39. The van der Waals surface area contributed by atoms with Gasteiger partial charge in [0.2, 0.25) is 12.3 Å². The number of hydrogen-bond donors (Lipinski definition) is 2. The van der Waals surface area contributed by atoms with Gasteiger partial charge in [-0.2, -0.15) is 0 Å². The van der Waals surface area contributed by atoms with Crippen LogP contribution in [0.5, 0.6) is 0 Å². The molecule has 3 atom stereocenters. The van der Waals surface area contributed by atoms with Crippen LogP contribution in [-0.4, -0.2) is 59.4 Å². The van der Waals surface area contributed by atoms with E-state index in [4.69, 9.17) is 5.11 Å². The molecule has 0 aromatic carbocycles. The van der Waals surface area contributed by atoms with Crippen molar-refractivity contribution >= 4 is 28.1 Å². The zero-order valence-electron chi connectivity index (χ0n) is 10.4. The van der Waals surface area contributed by atoms with Crippen molar-refractivity contribution in [2.24, 2.45) is 5.92 Å². The standard InChI is InChI=1S/C10H14N2O6S/c1-10(2)6(9(15)16)12-7(14)5(3-11-4-13)8(12)19(10,17)18/h4-6,8H,3H2,1-2H3,(H,11,13)(H,15,16)/t5-,6+,8-/m1/s1. The zero-order chi connectivity index (χ0) is 14.6. The molecule has 2 fully saturated rings. The van der Waals surface area contributed by atoms with Gasteiger partial charge in [-0.25, -0.2) is 13.2 Å². The average Bonchev–Trinajstić information content (AvgIpc) is 2.43. The minimum absolute atomic E-state index is 0.106. The number of amides is 2. The SMILES string of the molecule is CC1(C)[C@H](C(=O)O)N2C(=O)[C@@H](CNC=O)[C@H]2S1(=O)=O. The molecule has 19 heavy (non-hydrogen) atoms. The van der Waals surface area contributed by atoms with E-state index in [0.717, 1.165) is 4.90 Å². The number of carboxylic acid groups (broad SMARTS) is 1. The fraction of sp³-hybridized carbons (Fsp3) is 0.700. The molecule has 2 aliphatic rings. The Balaban J connectivity index is 2.42. The molecule has 0 unspecified atom stereocenters. The van der Waals surface area contributed by atoms with E-state index in [-0.39, 0.29) is 6.54 Å². The number of β-lactam (4-membered cyclic amide) rings is 1. The van der Waals surface area contributed by atoms with Gasteiger partial charge in [-0.15, -0.1) is 0 Å². The van der Waals surface area contributed by atoms with E-state index in [1.165, 1.54) is 13.8 Å². The number of sulfone groups is 1. The zero-order valence-corrected chi connectivity index (χ0v) is 11.2. The minimum Gasteiger partial charge on any atom is -0.480 e. The van der Waals surface area contributed by atoms with Crippen molar-refractivity contribution in [2.75, 3.05) is 6.54 Å². The maximum Gasteiger partial charge on any atom is 0.328 e. The highest BCUT2D eigenvalue weighted by Gasteiger charge is 2.71. The molecule has 0 aromatic heterocycles. The number of rotatable bonds is 4. The monoisotopic (exact) mass is 290 g/mol. The highest BCUT2D eigenvalue weighted by atomic mass is 32.2. The van der Waals surface area contributed by atoms with E-state index in [2.05, 4.69) is 5.32 Å². The highest BCUT2D eigenvalue weighted by Crippen LogP contribution is 2.48. The summed E-state index contributed by atoms with van der Waals surface area (Å²) in [5.41, 5.74) is 0. The molecule has 2 rings (SSSR count). The van der Waals surface area contributed by atoms with Crippen molar-refractivity contribution in [3.63, 3.8) is 0 Å². The van der Waals surface area contributed by atoms with Crippen LogP contribution in [0.1, 0.15) is 13.8 Å².